The molecule has 2 heterocycles. The summed E-state index contributed by atoms with van der Waals surface area (Å²) in [7, 11) is 1.59. The first-order valence-electron chi connectivity index (χ1n) is 8.38. The lowest BCUT2D eigenvalue weighted by Gasteiger charge is -2.36. The van der Waals surface area contributed by atoms with Gasteiger partial charge in [-0.2, -0.15) is 0 Å². The van der Waals surface area contributed by atoms with E-state index >= 15 is 0 Å². The molecule has 144 valence electrons. The number of ether oxygens (including phenoxy) is 2. The van der Waals surface area contributed by atoms with Crippen molar-refractivity contribution in [1.82, 2.24) is 4.90 Å². The van der Waals surface area contributed by atoms with Crippen LogP contribution in [0.15, 0.2) is 18.2 Å². The van der Waals surface area contributed by atoms with E-state index in [0.29, 0.717) is 24.8 Å². The topological polar surface area (TPSA) is 117 Å². The molecule has 2 atom stereocenters. The molecule has 2 aliphatic rings. The molecule has 1 aromatic carbocycles. The van der Waals surface area contributed by atoms with Crippen LogP contribution in [0.3, 0.4) is 0 Å². The number of hydrogen-bond donors (Lipinski definition) is 3. The van der Waals surface area contributed by atoms with E-state index < -0.39 is 5.97 Å². The fraction of sp³-hybridized carbons (Fsp3) is 0.556. The molecule has 0 radical (unpaired) electrons. The summed E-state index contributed by atoms with van der Waals surface area (Å²) in [5.74, 6) is 0.179. The van der Waals surface area contributed by atoms with Crippen molar-refractivity contribution in [3.63, 3.8) is 0 Å². The van der Waals surface area contributed by atoms with E-state index in [4.69, 9.17) is 19.4 Å². The Kier molecular flexibility index (Phi) is 6.96. The third kappa shape index (κ3) is 4.32. The van der Waals surface area contributed by atoms with Gasteiger partial charge >= 0.3 is 5.97 Å². The molecule has 0 saturated carbocycles. The molecule has 0 aromatic heterocycles. The Hall–Kier alpha value is -2.16. The van der Waals surface area contributed by atoms with Crippen molar-refractivity contribution in [2.75, 3.05) is 40.0 Å². The summed E-state index contributed by atoms with van der Waals surface area (Å²) < 4.78 is 10.9. The summed E-state index contributed by atoms with van der Waals surface area (Å²) in [6, 6.07) is 4.93. The van der Waals surface area contributed by atoms with Gasteiger partial charge in [0.2, 0.25) is 0 Å². The molecular weight excluding hydrogens is 342 g/mol. The maximum absolute atomic E-state index is 11.2. The number of benzene rings is 1. The van der Waals surface area contributed by atoms with Gasteiger partial charge in [-0.25, -0.2) is 4.79 Å². The summed E-state index contributed by atoms with van der Waals surface area (Å²) in [6.07, 6.45) is 0.962. The highest BCUT2D eigenvalue weighted by molar-refractivity contribution is 5.88. The summed E-state index contributed by atoms with van der Waals surface area (Å²) in [4.78, 5) is 21.8. The van der Waals surface area contributed by atoms with Gasteiger partial charge in [0, 0.05) is 37.2 Å². The lowest BCUT2D eigenvalue weighted by molar-refractivity contribution is -0.122. The summed E-state index contributed by atoms with van der Waals surface area (Å²) in [5.41, 5.74) is 0.938. The smallest absolute Gasteiger partial charge is 0.335 e. The lowest BCUT2D eigenvalue weighted by atomic mass is 9.76. The zero-order chi connectivity index (χ0) is 19.2. The fourth-order valence-electron chi connectivity index (χ4n) is 3.83. The zero-order valence-corrected chi connectivity index (χ0v) is 14.8. The number of aliphatic hydroxyl groups is 1. The van der Waals surface area contributed by atoms with E-state index in [0.717, 1.165) is 31.7 Å². The Balaban J connectivity index is 0.000000758. The van der Waals surface area contributed by atoms with Gasteiger partial charge in [0.25, 0.3) is 6.47 Å². The third-order valence-corrected chi connectivity index (χ3v) is 5.12. The van der Waals surface area contributed by atoms with Crippen LogP contribution >= 0.6 is 0 Å². The Morgan fingerprint density at radius 2 is 2.23 bits per heavy atom. The van der Waals surface area contributed by atoms with Crippen LogP contribution in [0.1, 0.15) is 22.3 Å². The van der Waals surface area contributed by atoms with Crippen LogP contribution in [-0.2, 0) is 16.1 Å². The average Bonchev–Trinajstić information content (AvgIpc) is 3.00. The van der Waals surface area contributed by atoms with Crippen molar-refractivity contribution in [3.8, 4) is 5.75 Å². The number of hydrogen-bond acceptors (Lipinski definition) is 6. The van der Waals surface area contributed by atoms with Crippen LogP contribution in [0.4, 0.5) is 0 Å². The van der Waals surface area contributed by atoms with Crippen LogP contribution in [0.25, 0.3) is 0 Å². The second-order valence-corrected chi connectivity index (χ2v) is 6.67. The van der Waals surface area contributed by atoms with Crippen molar-refractivity contribution < 1.29 is 34.4 Å². The van der Waals surface area contributed by atoms with Crippen molar-refractivity contribution >= 4 is 12.4 Å². The molecule has 2 saturated heterocycles. The molecule has 0 bridgehead atoms. The van der Waals surface area contributed by atoms with Gasteiger partial charge in [0.15, 0.2) is 0 Å². The van der Waals surface area contributed by atoms with E-state index in [1.165, 1.54) is 0 Å². The molecule has 2 fully saturated rings. The summed E-state index contributed by atoms with van der Waals surface area (Å²) in [6.45, 7) is 3.48. The van der Waals surface area contributed by atoms with E-state index in [2.05, 4.69) is 4.90 Å². The summed E-state index contributed by atoms with van der Waals surface area (Å²) in [5, 5.41) is 25.9. The van der Waals surface area contributed by atoms with Crippen molar-refractivity contribution in [1.29, 1.82) is 0 Å². The fourth-order valence-corrected chi connectivity index (χ4v) is 3.83. The monoisotopic (exact) mass is 367 g/mol. The number of rotatable bonds is 5. The highest BCUT2D eigenvalue weighted by Crippen LogP contribution is 2.41. The SMILES string of the molecule is COc1ccc(C(=O)O)cc1CN1C[C@@H]2CCOC[C@]2(CO)C1.O=CO. The maximum atomic E-state index is 11.2. The number of aromatic carboxylic acids is 1. The first-order chi connectivity index (χ1) is 12.5. The van der Waals surface area contributed by atoms with Crippen LogP contribution in [0.2, 0.25) is 0 Å². The molecule has 3 rings (SSSR count). The number of carbonyl (C=O) groups is 2. The zero-order valence-electron chi connectivity index (χ0n) is 14.8. The van der Waals surface area contributed by atoms with E-state index in [9.17, 15) is 15.0 Å². The molecule has 3 N–H and O–H groups in total. The molecule has 0 amide bonds. The Bertz CT molecular complexity index is 636. The molecule has 26 heavy (non-hydrogen) atoms. The van der Waals surface area contributed by atoms with Gasteiger partial charge < -0.3 is 24.8 Å². The van der Waals surface area contributed by atoms with Crippen molar-refractivity contribution in [2.45, 2.75) is 13.0 Å². The quantitative estimate of drug-likeness (QED) is 0.658. The maximum Gasteiger partial charge on any atom is 0.335 e. The molecular formula is C18H25NO7. The van der Waals surface area contributed by atoms with Crippen molar-refractivity contribution in [2.24, 2.45) is 11.3 Å². The Labute approximate surface area is 151 Å². The summed E-state index contributed by atoms with van der Waals surface area (Å²) >= 11 is 0. The molecule has 0 unspecified atom stereocenters. The lowest BCUT2D eigenvalue weighted by Crippen LogP contribution is -2.42. The van der Waals surface area contributed by atoms with Crippen LogP contribution < -0.4 is 4.74 Å². The van der Waals surface area contributed by atoms with Crippen LogP contribution in [0.5, 0.6) is 5.75 Å². The Morgan fingerprint density at radius 1 is 1.50 bits per heavy atom. The van der Waals surface area contributed by atoms with Gasteiger partial charge in [-0.3, -0.25) is 9.69 Å². The van der Waals surface area contributed by atoms with E-state index in [1.807, 2.05) is 0 Å². The second-order valence-electron chi connectivity index (χ2n) is 6.67. The van der Waals surface area contributed by atoms with Crippen LogP contribution in [-0.4, -0.2) is 72.7 Å². The van der Waals surface area contributed by atoms with Gasteiger partial charge in [0.05, 0.1) is 25.9 Å². The number of nitrogens with zero attached hydrogens (tertiary/aromatic N) is 1. The number of aliphatic hydroxyl groups excluding tert-OH is 1. The molecule has 2 aliphatic heterocycles. The van der Waals surface area contributed by atoms with Crippen LogP contribution in [0, 0.1) is 11.3 Å². The Morgan fingerprint density at radius 3 is 2.81 bits per heavy atom. The minimum atomic E-state index is -0.941. The number of carboxylic acids is 1. The van der Waals surface area contributed by atoms with Gasteiger partial charge in [-0.1, -0.05) is 0 Å². The highest BCUT2D eigenvalue weighted by atomic mass is 16.5. The number of carboxylic acid groups (broad SMARTS) is 2. The molecule has 1 aromatic rings. The number of fused-ring (bicyclic) bond motifs is 1. The van der Waals surface area contributed by atoms with Gasteiger partial charge in [0.1, 0.15) is 5.75 Å². The third-order valence-electron chi connectivity index (χ3n) is 5.12. The highest BCUT2D eigenvalue weighted by Gasteiger charge is 2.48. The number of likely N-dealkylation sites (tertiary alicyclic amines) is 1. The molecule has 8 nitrogen and oxygen atoms in total. The predicted molar refractivity (Wildman–Crippen MR) is 92.4 cm³/mol. The van der Waals surface area contributed by atoms with Crippen molar-refractivity contribution in [3.05, 3.63) is 29.3 Å². The normalized spacial score (nSPS) is 24.9. The number of methoxy groups -OCH3 is 1. The molecule has 0 spiro atoms. The first kappa shape index (κ1) is 20.2. The molecule has 0 aliphatic carbocycles. The van der Waals surface area contributed by atoms with E-state index in [-0.39, 0.29) is 24.1 Å². The predicted octanol–water partition coefficient (Wildman–Crippen LogP) is 0.925. The second kappa shape index (κ2) is 8.98. The van der Waals surface area contributed by atoms with E-state index in [1.54, 1.807) is 25.3 Å². The first-order valence-corrected chi connectivity index (χ1v) is 8.38. The molecule has 8 heteroatoms. The van der Waals surface area contributed by atoms with Gasteiger partial charge in [-0.05, 0) is 30.5 Å². The minimum absolute atomic E-state index is 0.125. The van der Waals surface area contributed by atoms with Gasteiger partial charge in [-0.15, -0.1) is 0 Å². The average molecular weight is 367 g/mol. The largest absolute Gasteiger partial charge is 0.496 e. The minimum Gasteiger partial charge on any atom is -0.496 e. The standard InChI is InChI=1S/C17H23NO5.CH2O2/c1-22-15-3-2-12(16(20)21)6-13(15)7-18-8-14-4-5-23-11-17(14,9-18)10-19;2-1-3/h2-3,6,14,19H,4-5,7-11H2,1H3,(H,20,21);1H,(H,2,3)/t14-,17+;/m0./s1.